The lowest BCUT2D eigenvalue weighted by Crippen LogP contribution is -2.29. The standard InChI is InChI=1S/C9H14F4O2S/c10-9(11,12)5-7-3-1-2-4-8(7)6-16(13,14)15/h7-8H,1-6H2. The Bertz CT molecular complexity index is 323. The molecule has 0 aromatic rings. The Morgan fingerprint density at radius 1 is 1.06 bits per heavy atom. The highest BCUT2D eigenvalue weighted by atomic mass is 32.3. The molecule has 1 saturated carbocycles. The minimum Gasteiger partial charge on any atom is -0.195 e. The summed E-state index contributed by atoms with van der Waals surface area (Å²) < 4.78 is 70.0. The zero-order valence-corrected chi connectivity index (χ0v) is 9.45. The van der Waals surface area contributed by atoms with E-state index in [9.17, 15) is 25.5 Å². The number of hydrogen-bond donors (Lipinski definition) is 0. The van der Waals surface area contributed by atoms with Crippen molar-refractivity contribution in [2.24, 2.45) is 11.8 Å². The predicted octanol–water partition coefficient (Wildman–Crippen LogP) is 3.04. The molecule has 2 nitrogen and oxygen atoms in total. The molecule has 1 fully saturated rings. The molecule has 2 atom stereocenters. The van der Waals surface area contributed by atoms with E-state index in [1.165, 1.54) is 0 Å². The van der Waals surface area contributed by atoms with Crippen LogP contribution in [-0.4, -0.2) is 20.3 Å². The van der Waals surface area contributed by atoms with Gasteiger partial charge in [-0.2, -0.15) is 21.6 Å². The monoisotopic (exact) mass is 262 g/mol. The van der Waals surface area contributed by atoms with Crippen LogP contribution in [0.1, 0.15) is 32.1 Å². The molecule has 0 amide bonds. The molecule has 96 valence electrons. The van der Waals surface area contributed by atoms with Gasteiger partial charge in [-0.3, -0.25) is 0 Å². The smallest absolute Gasteiger partial charge is 0.195 e. The zero-order chi connectivity index (χ0) is 12.4. The second kappa shape index (κ2) is 4.89. The van der Waals surface area contributed by atoms with E-state index in [0.717, 1.165) is 0 Å². The Hall–Kier alpha value is -0.330. The maximum absolute atomic E-state index is 12.5. The molecule has 7 heteroatoms. The molecule has 0 saturated heterocycles. The Labute approximate surface area is 92.2 Å². The van der Waals surface area contributed by atoms with Gasteiger partial charge in [-0.25, -0.2) is 0 Å². The van der Waals surface area contributed by atoms with E-state index in [1.807, 2.05) is 0 Å². The fraction of sp³-hybridized carbons (Fsp3) is 1.00. The molecule has 0 N–H and O–H groups in total. The third kappa shape index (κ3) is 5.14. The van der Waals surface area contributed by atoms with Gasteiger partial charge in [0.25, 0.3) is 0 Å². The molecule has 0 aromatic heterocycles. The minimum absolute atomic E-state index is 0.333. The van der Waals surface area contributed by atoms with Crippen molar-refractivity contribution in [2.75, 3.05) is 5.75 Å². The lowest BCUT2D eigenvalue weighted by molar-refractivity contribution is -0.150. The summed E-state index contributed by atoms with van der Waals surface area (Å²) in [4.78, 5) is 0. The first-order chi connectivity index (χ1) is 7.17. The van der Waals surface area contributed by atoms with Crippen LogP contribution in [0.4, 0.5) is 17.1 Å². The SMILES string of the molecule is O=S(=O)(F)CC1CCCCC1CC(F)(F)F. The number of rotatable bonds is 3. The second-order valence-corrected chi connectivity index (χ2v) is 5.74. The van der Waals surface area contributed by atoms with Gasteiger partial charge in [-0.15, -0.1) is 3.89 Å². The maximum atomic E-state index is 12.5. The molecular formula is C9H14F4O2S. The summed E-state index contributed by atoms with van der Waals surface area (Å²) >= 11 is 0. The molecule has 0 bridgehead atoms. The fourth-order valence-electron chi connectivity index (χ4n) is 2.33. The van der Waals surface area contributed by atoms with E-state index in [1.54, 1.807) is 0 Å². The highest BCUT2D eigenvalue weighted by molar-refractivity contribution is 7.86. The van der Waals surface area contributed by atoms with Gasteiger partial charge in [0.05, 0.1) is 5.75 Å². The van der Waals surface area contributed by atoms with Crippen LogP contribution in [0.2, 0.25) is 0 Å². The van der Waals surface area contributed by atoms with Crippen molar-refractivity contribution in [1.82, 2.24) is 0 Å². The van der Waals surface area contributed by atoms with Crippen molar-refractivity contribution in [3.8, 4) is 0 Å². The predicted molar refractivity (Wildman–Crippen MR) is 51.0 cm³/mol. The van der Waals surface area contributed by atoms with Gasteiger partial charge in [-0.05, 0) is 24.7 Å². The van der Waals surface area contributed by atoms with E-state index >= 15 is 0 Å². The van der Waals surface area contributed by atoms with Crippen LogP contribution >= 0.6 is 0 Å². The quantitative estimate of drug-likeness (QED) is 0.578. The third-order valence-electron chi connectivity index (χ3n) is 2.97. The molecule has 0 aliphatic heterocycles. The number of hydrogen-bond acceptors (Lipinski definition) is 2. The second-order valence-electron chi connectivity index (χ2n) is 4.33. The summed E-state index contributed by atoms with van der Waals surface area (Å²) in [5, 5.41) is 0. The van der Waals surface area contributed by atoms with Crippen LogP contribution in [-0.2, 0) is 10.2 Å². The lowest BCUT2D eigenvalue weighted by Gasteiger charge is -2.31. The summed E-state index contributed by atoms with van der Waals surface area (Å²) in [7, 11) is -4.68. The summed E-state index contributed by atoms with van der Waals surface area (Å²) in [5.41, 5.74) is 0. The first kappa shape index (κ1) is 13.7. The van der Waals surface area contributed by atoms with Gasteiger partial charge in [0, 0.05) is 6.42 Å². The summed E-state index contributed by atoms with van der Waals surface area (Å²) in [6, 6.07) is 0. The van der Waals surface area contributed by atoms with E-state index in [0.29, 0.717) is 25.7 Å². The first-order valence-corrected chi connectivity index (χ1v) is 6.72. The number of halogens is 4. The summed E-state index contributed by atoms with van der Waals surface area (Å²) in [6.45, 7) is 0. The molecule has 2 unspecified atom stereocenters. The van der Waals surface area contributed by atoms with Crippen molar-refractivity contribution < 1.29 is 25.5 Å². The fourth-order valence-corrected chi connectivity index (χ4v) is 3.28. The molecular weight excluding hydrogens is 248 g/mol. The lowest BCUT2D eigenvalue weighted by atomic mass is 9.78. The van der Waals surface area contributed by atoms with Crippen LogP contribution in [0.5, 0.6) is 0 Å². The topological polar surface area (TPSA) is 34.1 Å². The molecule has 0 spiro atoms. The Balaban J connectivity index is 2.64. The van der Waals surface area contributed by atoms with Gasteiger partial charge in [0.15, 0.2) is 0 Å². The molecule has 16 heavy (non-hydrogen) atoms. The van der Waals surface area contributed by atoms with Gasteiger partial charge in [-0.1, -0.05) is 12.8 Å². The molecule has 1 aliphatic carbocycles. The Kier molecular flexibility index (Phi) is 4.20. The highest BCUT2D eigenvalue weighted by Crippen LogP contribution is 2.38. The largest absolute Gasteiger partial charge is 0.389 e. The molecule has 1 rings (SSSR count). The summed E-state index contributed by atoms with van der Waals surface area (Å²) in [5.74, 6) is -2.21. The van der Waals surface area contributed by atoms with Crippen molar-refractivity contribution >= 4 is 10.2 Å². The number of alkyl halides is 3. The van der Waals surface area contributed by atoms with Crippen molar-refractivity contribution in [3.05, 3.63) is 0 Å². The first-order valence-electron chi connectivity index (χ1n) is 5.16. The minimum atomic E-state index is -4.68. The van der Waals surface area contributed by atoms with E-state index in [2.05, 4.69) is 0 Å². The average molecular weight is 262 g/mol. The average Bonchev–Trinajstić information content (AvgIpc) is 2.03. The van der Waals surface area contributed by atoms with E-state index in [-0.39, 0.29) is 0 Å². The van der Waals surface area contributed by atoms with Gasteiger partial charge >= 0.3 is 16.4 Å². The van der Waals surface area contributed by atoms with Crippen LogP contribution in [0.15, 0.2) is 0 Å². The Morgan fingerprint density at radius 3 is 2.00 bits per heavy atom. The maximum Gasteiger partial charge on any atom is 0.389 e. The van der Waals surface area contributed by atoms with Crippen molar-refractivity contribution in [3.63, 3.8) is 0 Å². The zero-order valence-electron chi connectivity index (χ0n) is 8.63. The molecule has 1 aliphatic rings. The Morgan fingerprint density at radius 2 is 1.56 bits per heavy atom. The van der Waals surface area contributed by atoms with Crippen molar-refractivity contribution in [2.45, 2.75) is 38.3 Å². The van der Waals surface area contributed by atoms with Crippen LogP contribution in [0.3, 0.4) is 0 Å². The van der Waals surface area contributed by atoms with Gasteiger partial charge in [0.1, 0.15) is 0 Å². The highest BCUT2D eigenvalue weighted by Gasteiger charge is 2.38. The van der Waals surface area contributed by atoms with Crippen LogP contribution in [0.25, 0.3) is 0 Å². The van der Waals surface area contributed by atoms with Crippen LogP contribution in [0, 0.1) is 11.8 Å². The van der Waals surface area contributed by atoms with Crippen molar-refractivity contribution in [1.29, 1.82) is 0 Å². The van der Waals surface area contributed by atoms with Gasteiger partial charge in [0.2, 0.25) is 0 Å². The molecule has 0 aromatic carbocycles. The summed E-state index contributed by atoms with van der Waals surface area (Å²) in [6.07, 6.45) is -3.28. The van der Waals surface area contributed by atoms with E-state index in [4.69, 9.17) is 0 Å². The van der Waals surface area contributed by atoms with E-state index < -0.39 is 40.4 Å². The van der Waals surface area contributed by atoms with Gasteiger partial charge < -0.3 is 0 Å². The molecule has 0 radical (unpaired) electrons. The normalized spacial score (nSPS) is 28.0. The third-order valence-corrected chi connectivity index (χ3v) is 3.80. The van der Waals surface area contributed by atoms with Crippen LogP contribution < -0.4 is 0 Å². The molecule has 0 heterocycles.